The third kappa shape index (κ3) is 3.72. The molecule has 3 rings (SSSR count). The van der Waals surface area contributed by atoms with Crippen molar-refractivity contribution in [2.24, 2.45) is 5.92 Å². The summed E-state index contributed by atoms with van der Waals surface area (Å²) in [6.45, 7) is 3.84. The molecule has 2 atom stereocenters. The van der Waals surface area contributed by atoms with Gasteiger partial charge < -0.3 is 14.4 Å². The zero-order valence-corrected chi connectivity index (χ0v) is 15.8. The normalized spacial score (nSPS) is 17.8. The van der Waals surface area contributed by atoms with E-state index in [0.29, 0.717) is 5.92 Å². The fourth-order valence-corrected chi connectivity index (χ4v) is 4.36. The quantitative estimate of drug-likeness (QED) is 0.775. The van der Waals surface area contributed by atoms with Gasteiger partial charge in [0.05, 0.1) is 11.7 Å². The molecule has 2 aromatic rings. The van der Waals surface area contributed by atoms with Gasteiger partial charge in [-0.25, -0.2) is 0 Å². The molecule has 1 aliphatic heterocycles. The van der Waals surface area contributed by atoms with E-state index in [1.165, 1.54) is 21.7 Å². The van der Waals surface area contributed by atoms with E-state index in [-0.39, 0.29) is 6.04 Å². The molecule has 5 heteroatoms. The van der Waals surface area contributed by atoms with Crippen molar-refractivity contribution in [3.05, 3.63) is 58.6 Å². The molecule has 1 N–H and O–H groups in total. The second kappa shape index (κ2) is 7.79. The summed E-state index contributed by atoms with van der Waals surface area (Å²) in [4.78, 5) is 1.19. The molecular formula is C19H23ClN2OS. The minimum absolute atomic E-state index is 0.144. The van der Waals surface area contributed by atoms with Crippen LogP contribution < -0.4 is 9.62 Å². The highest BCUT2D eigenvalue weighted by Crippen LogP contribution is 2.43. The number of anilines is 1. The van der Waals surface area contributed by atoms with Crippen molar-refractivity contribution in [1.82, 2.24) is 5.32 Å². The lowest BCUT2D eigenvalue weighted by Crippen LogP contribution is -2.29. The van der Waals surface area contributed by atoms with Gasteiger partial charge in [0, 0.05) is 37.2 Å². The van der Waals surface area contributed by atoms with Crippen LogP contribution in [-0.2, 0) is 4.74 Å². The smallest absolute Gasteiger partial charge is 0.0609 e. The average Bonchev–Trinajstić information content (AvgIpc) is 2.67. The lowest BCUT2D eigenvalue weighted by molar-refractivity contribution is 0.157. The summed E-state index contributed by atoms with van der Waals surface area (Å²) in [7, 11) is 3.85. The van der Waals surface area contributed by atoms with Crippen LogP contribution >= 0.6 is 23.5 Å². The zero-order chi connectivity index (χ0) is 17.1. The van der Waals surface area contributed by atoms with Crippen LogP contribution in [0.3, 0.4) is 0 Å². The molecule has 0 saturated carbocycles. The van der Waals surface area contributed by atoms with Gasteiger partial charge in [-0.3, -0.25) is 0 Å². The van der Waals surface area contributed by atoms with Gasteiger partial charge in [-0.2, -0.15) is 0 Å². The van der Waals surface area contributed by atoms with Crippen molar-refractivity contribution in [3.8, 4) is 0 Å². The maximum absolute atomic E-state index is 6.24. The molecule has 0 fully saturated rings. The highest BCUT2D eigenvalue weighted by molar-refractivity contribution is 8.00. The van der Waals surface area contributed by atoms with Crippen molar-refractivity contribution in [2.45, 2.75) is 17.9 Å². The average molecular weight is 363 g/mol. The Hall–Kier alpha value is -1.20. The van der Waals surface area contributed by atoms with E-state index in [4.69, 9.17) is 16.3 Å². The molecule has 0 aromatic heterocycles. The van der Waals surface area contributed by atoms with Crippen LogP contribution in [0.4, 0.5) is 5.69 Å². The van der Waals surface area contributed by atoms with Crippen molar-refractivity contribution in [2.75, 3.05) is 31.6 Å². The van der Waals surface area contributed by atoms with Gasteiger partial charge in [0.2, 0.25) is 0 Å². The van der Waals surface area contributed by atoms with Crippen LogP contribution in [0.5, 0.6) is 0 Å². The van der Waals surface area contributed by atoms with Gasteiger partial charge in [0.25, 0.3) is 0 Å². The topological polar surface area (TPSA) is 24.5 Å². The van der Waals surface area contributed by atoms with E-state index in [1.807, 2.05) is 6.07 Å². The van der Waals surface area contributed by atoms with Crippen LogP contribution in [0.2, 0.25) is 5.02 Å². The lowest BCUT2D eigenvalue weighted by Gasteiger charge is -2.23. The van der Waals surface area contributed by atoms with Gasteiger partial charge in [-0.15, -0.1) is 0 Å². The van der Waals surface area contributed by atoms with Crippen molar-refractivity contribution in [1.29, 1.82) is 0 Å². The van der Waals surface area contributed by atoms with E-state index >= 15 is 0 Å². The number of hydrogen-bond acceptors (Lipinski definition) is 4. The number of fused-ring (bicyclic) bond motifs is 2. The van der Waals surface area contributed by atoms with E-state index in [2.05, 4.69) is 60.0 Å². The molecule has 0 amide bonds. The molecule has 0 aliphatic carbocycles. The highest BCUT2D eigenvalue weighted by atomic mass is 35.5. The number of benzene rings is 2. The second-order valence-corrected chi connectivity index (χ2v) is 7.84. The summed E-state index contributed by atoms with van der Waals surface area (Å²) in [6, 6.07) is 14.9. The monoisotopic (exact) mass is 362 g/mol. The Labute approximate surface area is 153 Å². The van der Waals surface area contributed by atoms with Crippen LogP contribution in [0, 0.1) is 5.92 Å². The number of halogens is 1. The van der Waals surface area contributed by atoms with E-state index in [1.54, 1.807) is 19.1 Å². The third-order valence-corrected chi connectivity index (χ3v) is 5.49. The first-order valence-electron chi connectivity index (χ1n) is 8.12. The standard InChI is InChI=1S/C19H23ClN2OS/c1-13(12-23-3)11-21-19-15-6-4-5-7-17(15)22(2)24-18-10-14(20)8-9-16(18)19/h4-10,13,19,21H,11-12H2,1-3H3. The van der Waals surface area contributed by atoms with Crippen molar-refractivity contribution in [3.63, 3.8) is 0 Å². The predicted octanol–water partition coefficient (Wildman–Crippen LogP) is 4.76. The Bertz CT molecular complexity index is 710. The first-order valence-corrected chi connectivity index (χ1v) is 9.27. The first kappa shape index (κ1) is 17.6. The van der Waals surface area contributed by atoms with Gasteiger partial charge in [-0.05, 0) is 47.2 Å². The van der Waals surface area contributed by atoms with Gasteiger partial charge in [0.1, 0.15) is 0 Å². The largest absolute Gasteiger partial charge is 0.384 e. The van der Waals surface area contributed by atoms with Crippen LogP contribution in [0.15, 0.2) is 47.4 Å². The number of ether oxygens (including phenoxy) is 1. The molecule has 0 saturated heterocycles. The SMILES string of the molecule is COCC(C)CNC1c2ccc(Cl)cc2SN(C)c2ccccc21. The summed E-state index contributed by atoms with van der Waals surface area (Å²) in [5, 5.41) is 4.51. The summed E-state index contributed by atoms with van der Waals surface area (Å²) >= 11 is 7.96. The first-order chi connectivity index (χ1) is 11.6. The molecule has 128 valence electrons. The molecule has 1 heterocycles. The van der Waals surface area contributed by atoms with E-state index in [9.17, 15) is 0 Å². The van der Waals surface area contributed by atoms with Crippen LogP contribution in [-0.4, -0.2) is 27.3 Å². The van der Waals surface area contributed by atoms with Crippen molar-refractivity contribution >= 4 is 29.2 Å². The minimum Gasteiger partial charge on any atom is -0.384 e. The Morgan fingerprint density at radius 3 is 2.83 bits per heavy atom. The number of para-hydroxylation sites is 1. The fraction of sp³-hybridized carbons (Fsp3) is 0.368. The van der Waals surface area contributed by atoms with E-state index in [0.717, 1.165) is 18.2 Å². The molecule has 3 nitrogen and oxygen atoms in total. The molecule has 2 unspecified atom stereocenters. The number of methoxy groups -OCH3 is 1. The number of hydrogen-bond donors (Lipinski definition) is 1. The molecule has 0 bridgehead atoms. The number of nitrogens with zero attached hydrogens (tertiary/aromatic N) is 1. The predicted molar refractivity (Wildman–Crippen MR) is 103 cm³/mol. The Kier molecular flexibility index (Phi) is 5.72. The van der Waals surface area contributed by atoms with Gasteiger partial charge >= 0.3 is 0 Å². The molecule has 0 spiro atoms. The zero-order valence-electron chi connectivity index (χ0n) is 14.3. The Morgan fingerprint density at radius 2 is 2.04 bits per heavy atom. The minimum atomic E-state index is 0.144. The van der Waals surface area contributed by atoms with Gasteiger partial charge in [-0.1, -0.05) is 42.8 Å². The molecule has 24 heavy (non-hydrogen) atoms. The fourth-order valence-electron chi connectivity index (χ4n) is 3.09. The van der Waals surface area contributed by atoms with Crippen LogP contribution in [0.25, 0.3) is 0 Å². The Balaban J connectivity index is 2.00. The van der Waals surface area contributed by atoms with E-state index < -0.39 is 0 Å². The Morgan fingerprint density at radius 1 is 1.25 bits per heavy atom. The summed E-state index contributed by atoms with van der Waals surface area (Å²) in [5.41, 5.74) is 3.79. The highest BCUT2D eigenvalue weighted by Gasteiger charge is 2.26. The molecule has 1 aliphatic rings. The molecule has 0 radical (unpaired) electrons. The number of nitrogens with one attached hydrogen (secondary N) is 1. The third-order valence-electron chi connectivity index (χ3n) is 4.23. The van der Waals surface area contributed by atoms with Crippen LogP contribution in [0.1, 0.15) is 24.1 Å². The maximum atomic E-state index is 6.24. The number of rotatable bonds is 5. The molecule has 2 aromatic carbocycles. The summed E-state index contributed by atoms with van der Waals surface area (Å²) < 4.78 is 7.48. The maximum Gasteiger partial charge on any atom is 0.0609 e. The second-order valence-electron chi connectivity index (χ2n) is 6.23. The lowest BCUT2D eigenvalue weighted by atomic mass is 9.96. The van der Waals surface area contributed by atoms with Crippen molar-refractivity contribution < 1.29 is 4.74 Å². The summed E-state index contributed by atoms with van der Waals surface area (Å²) in [5.74, 6) is 0.451. The van der Waals surface area contributed by atoms with Gasteiger partial charge in [0.15, 0.2) is 0 Å². The summed E-state index contributed by atoms with van der Waals surface area (Å²) in [6.07, 6.45) is 0. The molecular weight excluding hydrogens is 340 g/mol.